The summed E-state index contributed by atoms with van der Waals surface area (Å²) >= 11 is 3.41. The predicted molar refractivity (Wildman–Crippen MR) is 96.7 cm³/mol. The van der Waals surface area contributed by atoms with Crippen molar-refractivity contribution in [1.29, 1.82) is 0 Å². The van der Waals surface area contributed by atoms with Gasteiger partial charge in [-0.05, 0) is 25.7 Å². The van der Waals surface area contributed by atoms with Crippen molar-refractivity contribution in [2.24, 2.45) is 0 Å². The SMILES string of the molecule is CCCCCCCCOCCCC(=O)OCCCCCCBr. The minimum absolute atomic E-state index is 0.0799. The van der Waals surface area contributed by atoms with Crippen LogP contribution in [0.4, 0.5) is 0 Å². The summed E-state index contributed by atoms with van der Waals surface area (Å²) < 4.78 is 10.7. The molecule has 0 aliphatic rings. The van der Waals surface area contributed by atoms with Crippen LogP contribution >= 0.6 is 15.9 Å². The minimum Gasteiger partial charge on any atom is -0.466 e. The summed E-state index contributed by atoms with van der Waals surface area (Å²) in [7, 11) is 0. The van der Waals surface area contributed by atoms with E-state index in [1.807, 2.05) is 0 Å². The molecule has 0 atom stereocenters. The van der Waals surface area contributed by atoms with E-state index in [2.05, 4.69) is 22.9 Å². The zero-order valence-corrected chi connectivity index (χ0v) is 16.0. The van der Waals surface area contributed by atoms with Gasteiger partial charge in [-0.3, -0.25) is 4.79 Å². The first-order valence-electron chi connectivity index (χ1n) is 9.10. The monoisotopic (exact) mass is 378 g/mol. The lowest BCUT2D eigenvalue weighted by atomic mass is 10.1. The van der Waals surface area contributed by atoms with Gasteiger partial charge >= 0.3 is 5.97 Å². The number of ether oxygens (including phenoxy) is 2. The third-order valence-electron chi connectivity index (χ3n) is 3.60. The Hall–Kier alpha value is -0.0900. The molecule has 3 nitrogen and oxygen atoms in total. The molecule has 0 aromatic rings. The molecule has 4 heteroatoms. The van der Waals surface area contributed by atoms with E-state index in [1.54, 1.807) is 0 Å². The number of esters is 1. The smallest absolute Gasteiger partial charge is 0.305 e. The van der Waals surface area contributed by atoms with Crippen molar-refractivity contribution in [1.82, 2.24) is 0 Å². The zero-order valence-electron chi connectivity index (χ0n) is 14.4. The molecule has 0 aliphatic heterocycles. The molecular formula is C18H35BrO3. The maximum atomic E-state index is 11.5. The average molecular weight is 379 g/mol. The highest BCUT2D eigenvalue weighted by Gasteiger charge is 2.02. The molecule has 0 heterocycles. The van der Waals surface area contributed by atoms with Crippen molar-refractivity contribution in [3.05, 3.63) is 0 Å². The predicted octanol–water partition coefficient (Wildman–Crippen LogP) is 5.64. The third kappa shape index (κ3) is 18.0. The number of unbranched alkanes of at least 4 members (excludes halogenated alkanes) is 8. The number of hydrogen-bond donors (Lipinski definition) is 0. The van der Waals surface area contributed by atoms with Gasteiger partial charge in [0.25, 0.3) is 0 Å². The van der Waals surface area contributed by atoms with E-state index in [4.69, 9.17) is 9.47 Å². The van der Waals surface area contributed by atoms with Gasteiger partial charge in [0.1, 0.15) is 0 Å². The number of carbonyl (C=O) groups is 1. The fraction of sp³-hybridized carbons (Fsp3) is 0.944. The van der Waals surface area contributed by atoms with Crippen molar-refractivity contribution >= 4 is 21.9 Å². The lowest BCUT2D eigenvalue weighted by molar-refractivity contribution is -0.144. The summed E-state index contributed by atoms with van der Waals surface area (Å²) in [4.78, 5) is 11.5. The van der Waals surface area contributed by atoms with E-state index in [0.717, 1.165) is 37.6 Å². The van der Waals surface area contributed by atoms with E-state index in [-0.39, 0.29) is 5.97 Å². The first-order valence-corrected chi connectivity index (χ1v) is 10.2. The van der Waals surface area contributed by atoms with E-state index in [1.165, 1.54) is 44.9 Å². The number of halogens is 1. The van der Waals surface area contributed by atoms with Gasteiger partial charge in [-0.1, -0.05) is 67.8 Å². The Morgan fingerprint density at radius 3 is 2.09 bits per heavy atom. The molecule has 0 aliphatic carbocycles. The second-order valence-electron chi connectivity index (χ2n) is 5.81. The number of hydrogen-bond acceptors (Lipinski definition) is 3. The highest BCUT2D eigenvalue weighted by atomic mass is 79.9. The Labute approximate surface area is 145 Å². The molecule has 0 rings (SSSR count). The third-order valence-corrected chi connectivity index (χ3v) is 4.16. The summed E-state index contributed by atoms with van der Waals surface area (Å²) in [6, 6.07) is 0. The Bertz CT molecular complexity index is 234. The van der Waals surface area contributed by atoms with Gasteiger partial charge in [0, 0.05) is 25.0 Å². The first-order chi connectivity index (χ1) is 10.8. The molecule has 132 valence electrons. The normalized spacial score (nSPS) is 10.8. The summed E-state index contributed by atoms with van der Waals surface area (Å²) in [5.41, 5.74) is 0. The second-order valence-corrected chi connectivity index (χ2v) is 6.60. The number of rotatable bonds is 17. The maximum Gasteiger partial charge on any atom is 0.305 e. The van der Waals surface area contributed by atoms with Gasteiger partial charge < -0.3 is 9.47 Å². The lowest BCUT2D eigenvalue weighted by Gasteiger charge is -2.06. The molecular weight excluding hydrogens is 344 g/mol. The van der Waals surface area contributed by atoms with Crippen LogP contribution in [0.1, 0.15) is 84.0 Å². The van der Waals surface area contributed by atoms with Crippen molar-refractivity contribution in [2.75, 3.05) is 25.2 Å². The molecule has 0 spiro atoms. The van der Waals surface area contributed by atoms with E-state index >= 15 is 0 Å². The van der Waals surface area contributed by atoms with Crippen molar-refractivity contribution in [2.45, 2.75) is 84.0 Å². The second kappa shape index (κ2) is 19.0. The summed E-state index contributed by atoms with van der Waals surface area (Å²) in [6.45, 7) is 4.31. The van der Waals surface area contributed by atoms with E-state index in [0.29, 0.717) is 19.6 Å². The molecule has 0 amide bonds. The molecule has 0 unspecified atom stereocenters. The van der Waals surface area contributed by atoms with Crippen molar-refractivity contribution < 1.29 is 14.3 Å². The van der Waals surface area contributed by atoms with Gasteiger partial charge in [0.05, 0.1) is 6.61 Å². The average Bonchev–Trinajstić information content (AvgIpc) is 2.52. The lowest BCUT2D eigenvalue weighted by Crippen LogP contribution is -2.07. The Balaban J connectivity index is 3.12. The fourth-order valence-corrected chi connectivity index (χ4v) is 2.61. The van der Waals surface area contributed by atoms with Crippen LogP contribution < -0.4 is 0 Å². The van der Waals surface area contributed by atoms with Crippen LogP contribution in [0.25, 0.3) is 0 Å². The maximum absolute atomic E-state index is 11.5. The summed E-state index contributed by atoms with van der Waals surface area (Å²) in [5, 5.41) is 1.06. The summed E-state index contributed by atoms with van der Waals surface area (Å²) in [6.07, 6.45) is 13.5. The molecule has 0 saturated heterocycles. The van der Waals surface area contributed by atoms with Crippen LogP contribution in [0.5, 0.6) is 0 Å². The summed E-state index contributed by atoms with van der Waals surface area (Å²) in [5.74, 6) is -0.0799. The van der Waals surface area contributed by atoms with Crippen LogP contribution in [0.15, 0.2) is 0 Å². The minimum atomic E-state index is -0.0799. The number of carbonyl (C=O) groups excluding carboxylic acids is 1. The highest BCUT2D eigenvalue weighted by molar-refractivity contribution is 9.09. The fourth-order valence-electron chi connectivity index (χ4n) is 2.21. The van der Waals surface area contributed by atoms with Crippen LogP contribution in [0, 0.1) is 0 Å². The standard InChI is InChI=1S/C18H35BrO3/c1-2-3-4-5-7-10-15-21-16-12-13-18(20)22-17-11-8-6-9-14-19/h2-17H2,1H3. The van der Waals surface area contributed by atoms with Gasteiger partial charge in [-0.25, -0.2) is 0 Å². The molecule has 0 aromatic heterocycles. The molecule has 22 heavy (non-hydrogen) atoms. The van der Waals surface area contributed by atoms with Crippen LogP contribution in [-0.4, -0.2) is 31.1 Å². The zero-order chi connectivity index (χ0) is 16.3. The molecule has 0 fully saturated rings. The Kier molecular flexibility index (Phi) is 18.9. The molecule has 0 saturated carbocycles. The molecule has 0 N–H and O–H groups in total. The van der Waals surface area contributed by atoms with E-state index in [9.17, 15) is 4.79 Å². The topological polar surface area (TPSA) is 35.5 Å². The van der Waals surface area contributed by atoms with Gasteiger partial charge in [-0.15, -0.1) is 0 Å². The largest absolute Gasteiger partial charge is 0.466 e. The van der Waals surface area contributed by atoms with Gasteiger partial charge in [0.2, 0.25) is 0 Å². The molecule has 0 bridgehead atoms. The quantitative estimate of drug-likeness (QED) is 0.186. The van der Waals surface area contributed by atoms with Crippen LogP contribution in [-0.2, 0) is 14.3 Å². The molecule has 0 radical (unpaired) electrons. The number of alkyl halides is 1. The van der Waals surface area contributed by atoms with Crippen molar-refractivity contribution in [3.63, 3.8) is 0 Å². The highest BCUT2D eigenvalue weighted by Crippen LogP contribution is 2.05. The Morgan fingerprint density at radius 2 is 1.36 bits per heavy atom. The Morgan fingerprint density at radius 1 is 0.773 bits per heavy atom. The van der Waals surface area contributed by atoms with Crippen LogP contribution in [0.3, 0.4) is 0 Å². The first kappa shape index (κ1) is 21.9. The molecule has 0 aromatic carbocycles. The van der Waals surface area contributed by atoms with E-state index < -0.39 is 0 Å². The van der Waals surface area contributed by atoms with Gasteiger partial charge in [-0.2, -0.15) is 0 Å². The van der Waals surface area contributed by atoms with Crippen LogP contribution in [0.2, 0.25) is 0 Å². The van der Waals surface area contributed by atoms with Gasteiger partial charge in [0.15, 0.2) is 0 Å². The van der Waals surface area contributed by atoms with Crippen molar-refractivity contribution in [3.8, 4) is 0 Å².